The Hall–Kier alpha value is -2.37. The van der Waals surface area contributed by atoms with E-state index in [1.807, 2.05) is 6.08 Å². The van der Waals surface area contributed by atoms with E-state index in [1.165, 1.54) is 0 Å². The van der Waals surface area contributed by atoms with Gasteiger partial charge in [-0.2, -0.15) is 0 Å². The van der Waals surface area contributed by atoms with E-state index in [-0.39, 0.29) is 18.9 Å². The predicted octanol–water partition coefficient (Wildman–Crippen LogP) is 5.10. The first-order valence-electron chi connectivity index (χ1n) is 17.2. The molecule has 46 heavy (non-hydrogen) atoms. The van der Waals surface area contributed by atoms with Crippen molar-refractivity contribution in [2.24, 2.45) is 0 Å². The summed E-state index contributed by atoms with van der Waals surface area (Å²) in [4.78, 5) is 12.7. The first-order chi connectivity index (χ1) is 22.3. The topological polar surface area (TPSA) is 149 Å². The number of amides is 1. The molecule has 9 heteroatoms. The van der Waals surface area contributed by atoms with Gasteiger partial charge in [0.25, 0.3) is 0 Å². The van der Waals surface area contributed by atoms with Gasteiger partial charge < -0.3 is 40.3 Å². The second-order valence-corrected chi connectivity index (χ2v) is 11.6. The SMILES string of the molecule is CC/C=C\C/C=C\C/C=C\C/C=C\C/C=C\CCCC(=O)NC(COC1OC(CO)C(O)C(O)C1O)C(O)/C=C/CCCCCC. The summed E-state index contributed by atoms with van der Waals surface area (Å²) in [6.45, 7) is 3.48. The van der Waals surface area contributed by atoms with Crippen molar-refractivity contribution in [1.29, 1.82) is 0 Å². The number of hydrogen-bond acceptors (Lipinski definition) is 8. The van der Waals surface area contributed by atoms with Gasteiger partial charge in [0.15, 0.2) is 6.29 Å². The maximum atomic E-state index is 12.7. The van der Waals surface area contributed by atoms with Crippen LogP contribution in [0.15, 0.2) is 72.9 Å². The fraction of sp³-hybridized carbons (Fsp3) is 0.649. The average molecular weight is 648 g/mol. The lowest BCUT2D eigenvalue weighted by Gasteiger charge is -2.40. The Morgan fingerprint density at radius 3 is 1.93 bits per heavy atom. The zero-order valence-corrected chi connectivity index (χ0v) is 28.0. The number of hydrogen-bond donors (Lipinski definition) is 6. The van der Waals surface area contributed by atoms with Crippen LogP contribution in [0, 0.1) is 0 Å². The summed E-state index contributed by atoms with van der Waals surface area (Å²) in [7, 11) is 0. The molecule has 0 aromatic rings. The second-order valence-electron chi connectivity index (χ2n) is 11.6. The molecule has 7 atom stereocenters. The first kappa shape index (κ1) is 41.7. The molecule has 0 aromatic carbocycles. The molecule has 1 saturated heterocycles. The number of carbonyl (C=O) groups excluding carboxylic acids is 1. The molecule has 0 saturated carbocycles. The zero-order chi connectivity index (χ0) is 33.8. The maximum absolute atomic E-state index is 12.7. The van der Waals surface area contributed by atoms with Crippen molar-refractivity contribution in [3.8, 4) is 0 Å². The summed E-state index contributed by atoms with van der Waals surface area (Å²) in [6.07, 6.45) is 28.4. The van der Waals surface area contributed by atoms with Gasteiger partial charge in [-0.25, -0.2) is 0 Å². The van der Waals surface area contributed by atoms with E-state index in [4.69, 9.17) is 9.47 Å². The molecule has 1 heterocycles. The Bertz CT molecular complexity index is 942. The highest BCUT2D eigenvalue weighted by molar-refractivity contribution is 5.76. The number of rotatable bonds is 25. The maximum Gasteiger partial charge on any atom is 0.220 e. The van der Waals surface area contributed by atoms with E-state index in [1.54, 1.807) is 6.08 Å². The van der Waals surface area contributed by atoms with Crippen LogP contribution >= 0.6 is 0 Å². The molecule has 1 rings (SSSR count). The van der Waals surface area contributed by atoms with Gasteiger partial charge in [0.1, 0.15) is 24.4 Å². The molecule has 262 valence electrons. The molecule has 9 nitrogen and oxygen atoms in total. The van der Waals surface area contributed by atoms with Gasteiger partial charge in [0, 0.05) is 6.42 Å². The third-order valence-corrected chi connectivity index (χ3v) is 7.54. The molecule has 0 aliphatic carbocycles. The molecule has 6 N–H and O–H groups in total. The summed E-state index contributed by atoms with van der Waals surface area (Å²) in [6, 6.07) is -0.833. The van der Waals surface area contributed by atoms with Gasteiger partial charge in [-0.1, -0.05) is 106 Å². The summed E-state index contributed by atoms with van der Waals surface area (Å²) < 4.78 is 11.0. The van der Waals surface area contributed by atoms with Crippen LogP contribution in [0.1, 0.15) is 97.3 Å². The van der Waals surface area contributed by atoms with Crippen molar-refractivity contribution in [2.45, 2.75) is 140 Å². The minimum atomic E-state index is -1.58. The molecule has 0 radical (unpaired) electrons. The van der Waals surface area contributed by atoms with Crippen molar-refractivity contribution in [3.05, 3.63) is 72.9 Å². The number of nitrogens with one attached hydrogen (secondary N) is 1. The fourth-order valence-corrected chi connectivity index (χ4v) is 4.72. The third kappa shape index (κ3) is 19.3. The standard InChI is InChI=1S/C37H61NO8/c1-3-5-7-9-11-12-13-14-15-16-17-18-19-20-21-23-25-27-33(41)38-30(31(40)26-24-22-10-8-6-4-2)29-45-37-36(44)35(43)34(42)32(28-39)46-37/h5,7,11-12,14-15,17-18,20-21,24,26,30-32,34-37,39-40,42-44H,3-4,6,8-10,13,16,19,22-23,25,27-29H2,1-2H3,(H,38,41)/b7-5-,12-11-,15-14-,18-17-,21-20-,26-24+. The first-order valence-corrected chi connectivity index (χ1v) is 17.2. The lowest BCUT2D eigenvalue weighted by Crippen LogP contribution is -2.60. The minimum Gasteiger partial charge on any atom is -0.394 e. The van der Waals surface area contributed by atoms with Gasteiger partial charge in [-0.05, 0) is 57.8 Å². The Morgan fingerprint density at radius 1 is 0.761 bits per heavy atom. The highest BCUT2D eigenvalue weighted by atomic mass is 16.7. The van der Waals surface area contributed by atoms with Gasteiger partial charge in [-0.3, -0.25) is 4.79 Å². The molecule has 1 amide bonds. The van der Waals surface area contributed by atoms with Crippen LogP contribution in [0.4, 0.5) is 0 Å². The van der Waals surface area contributed by atoms with Gasteiger partial charge in [-0.15, -0.1) is 0 Å². The van der Waals surface area contributed by atoms with Crippen LogP contribution in [0.2, 0.25) is 0 Å². The quantitative estimate of drug-likeness (QED) is 0.0593. The predicted molar refractivity (Wildman–Crippen MR) is 184 cm³/mol. The van der Waals surface area contributed by atoms with Crippen molar-refractivity contribution in [3.63, 3.8) is 0 Å². The van der Waals surface area contributed by atoms with Crippen molar-refractivity contribution >= 4 is 5.91 Å². The van der Waals surface area contributed by atoms with Crippen LogP contribution < -0.4 is 5.32 Å². The number of aliphatic hydroxyl groups is 5. The Morgan fingerprint density at radius 2 is 1.35 bits per heavy atom. The average Bonchev–Trinajstić information content (AvgIpc) is 3.05. The molecular formula is C37H61NO8. The molecule has 1 aliphatic rings. The normalized spacial score (nSPS) is 24.0. The fourth-order valence-electron chi connectivity index (χ4n) is 4.72. The Balaban J connectivity index is 2.48. The molecule has 1 fully saturated rings. The smallest absolute Gasteiger partial charge is 0.220 e. The highest BCUT2D eigenvalue weighted by Gasteiger charge is 2.44. The number of allylic oxidation sites excluding steroid dienone is 11. The number of aliphatic hydroxyl groups excluding tert-OH is 5. The van der Waals surface area contributed by atoms with Crippen molar-refractivity contribution in [1.82, 2.24) is 5.32 Å². The molecule has 7 unspecified atom stereocenters. The van der Waals surface area contributed by atoms with E-state index >= 15 is 0 Å². The molecular weight excluding hydrogens is 586 g/mol. The molecule has 0 bridgehead atoms. The Kier molecular flexibility index (Phi) is 25.1. The second kappa shape index (κ2) is 27.7. The van der Waals surface area contributed by atoms with Crippen LogP contribution in [0.25, 0.3) is 0 Å². The van der Waals surface area contributed by atoms with E-state index in [0.29, 0.717) is 6.42 Å². The van der Waals surface area contributed by atoms with Gasteiger partial charge in [0.2, 0.25) is 5.91 Å². The summed E-state index contributed by atoms with van der Waals surface area (Å²) >= 11 is 0. The van der Waals surface area contributed by atoms with Gasteiger partial charge >= 0.3 is 0 Å². The van der Waals surface area contributed by atoms with Gasteiger partial charge in [0.05, 0.1) is 25.4 Å². The van der Waals surface area contributed by atoms with E-state index in [0.717, 1.165) is 70.6 Å². The Labute approximate surface area is 277 Å². The van der Waals surface area contributed by atoms with E-state index in [2.05, 4.69) is 79.9 Å². The van der Waals surface area contributed by atoms with Crippen molar-refractivity contribution < 1.29 is 39.8 Å². The number of unbranched alkanes of at least 4 members (excludes halogenated alkanes) is 5. The molecule has 0 spiro atoms. The van der Waals surface area contributed by atoms with Crippen molar-refractivity contribution in [2.75, 3.05) is 13.2 Å². The number of carbonyl (C=O) groups is 1. The van der Waals surface area contributed by atoms with E-state index in [9.17, 15) is 30.3 Å². The monoisotopic (exact) mass is 647 g/mol. The molecule has 1 aliphatic heterocycles. The highest BCUT2D eigenvalue weighted by Crippen LogP contribution is 2.22. The van der Waals surface area contributed by atoms with Crippen LogP contribution in [-0.4, -0.2) is 87.5 Å². The van der Waals surface area contributed by atoms with Crippen LogP contribution in [-0.2, 0) is 14.3 Å². The summed E-state index contributed by atoms with van der Waals surface area (Å²) in [5.74, 6) is -0.245. The summed E-state index contributed by atoms with van der Waals surface area (Å²) in [5.41, 5.74) is 0. The van der Waals surface area contributed by atoms with Crippen LogP contribution in [0.3, 0.4) is 0 Å². The summed E-state index contributed by atoms with van der Waals surface area (Å²) in [5, 5.41) is 53.4. The lowest BCUT2D eigenvalue weighted by molar-refractivity contribution is -0.302. The lowest BCUT2D eigenvalue weighted by atomic mass is 9.99. The largest absolute Gasteiger partial charge is 0.394 e. The zero-order valence-electron chi connectivity index (χ0n) is 28.0. The van der Waals surface area contributed by atoms with Crippen LogP contribution in [0.5, 0.6) is 0 Å². The van der Waals surface area contributed by atoms with E-state index < -0.39 is 49.5 Å². The third-order valence-electron chi connectivity index (χ3n) is 7.54. The minimum absolute atomic E-state index is 0.218. The molecule has 0 aromatic heterocycles. The number of ether oxygens (including phenoxy) is 2.